The summed E-state index contributed by atoms with van der Waals surface area (Å²) in [6.45, 7) is 0. The van der Waals surface area contributed by atoms with Gasteiger partial charge >= 0.3 is 5.97 Å². The molecule has 1 atom stereocenters. The zero-order chi connectivity index (χ0) is 13.1. The van der Waals surface area contributed by atoms with Crippen LogP contribution in [-0.4, -0.2) is 11.1 Å². The summed E-state index contributed by atoms with van der Waals surface area (Å²) in [6.07, 6.45) is 0. The molecular weight excluding hydrogens is 271 g/mol. The molecule has 1 unspecified atom stereocenters. The summed E-state index contributed by atoms with van der Waals surface area (Å²) in [5, 5.41) is 8.09. The number of carboxylic acids is 1. The Labute approximate surface area is 115 Å². The summed E-state index contributed by atoms with van der Waals surface area (Å²) >= 11 is 11.8. The summed E-state index contributed by atoms with van der Waals surface area (Å²) in [4.78, 5) is 10.8. The third kappa shape index (κ3) is 2.66. The minimum Gasteiger partial charge on any atom is -0.480 e. The fraction of sp³-hybridized carbons (Fsp3) is 0.0714. The number of hydrogen-bond donors (Lipinski definition) is 1. The number of alkyl halides is 1. The first-order valence-corrected chi connectivity index (χ1v) is 6.13. The average Bonchev–Trinajstić information content (AvgIpc) is 2.38. The van der Waals surface area contributed by atoms with E-state index in [4.69, 9.17) is 28.3 Å². The average molecular weight is 281 g/mol. The monoisotopic (exact) mass is 280 g/mol. The molecule has 2 rings (SSSR count). The lowest BCUT2D eigenvalue weighted by atomic mass is 10.0. The zero-order valence-electron chi connectivity index (χ0n) is 9.31. The molecule has 2 nitrogen and oxygen atoms in total. The molecule has 0 aliphatic rings. The number of carboxylic acid groups (broad SMARTS) is 1. The molecule has 0 aromatic heterocycles. The van der Waals surface area contributed by atoms with Crippen LogP contribution in [0.4, 0.5) is 0 Å². The number of hydrogen-bond acceptors (Lipinski definition) is 1. The summed E-state index contributed by atoms with van der Waals surface area (Å²) in [7, 11) is 0. The van der Waals surface area contributed by atoms with E-state index in [0.29, 0.717) is 10.6 Å². The lowest BCUT2D eigenvalue weighted by Crippen LogP contribution is -2.05. The second-order valence-electron chi connectivity index (χ2n) is 3.80. The Morgan fingerprint density at radius 1 is 1.06 bits per heavy atom. The van der Waals surface area contributed by atoms with Crippen molar-refractivity contribution in [3.8, 4) is 11.1 Å². The highest BCUT2D eigenvalue weighted by molar-refractivity contribution is 6.35. The quantitative estimate of drug-likeness (QED) is 0.848. The Kier molecular flexibility index (Phi) is 3.90. The van der Waals surface area contributed by atoms with Crippen LogP contribution in [0.1, 0.15) is 10.9 Å². The Balaban J connectivity index is 2.40. The van der Waals surface area contributed by atoms with E-state index >= 15 is 0 Å². The van der Waals surface area contributed by atoms with Crippen LogP contribution in [0.5, 0.6) is 0 Å². The molecule has 0 spiro atoms. The standard InChI is InChI=1S/C14H10Cl2O2/c15-12-8-10(9-4-2-1-3-5-9)6-7-11(12)13(16)14(17)18/h1-8,13H,(H,17,18). The zero-order valence-corrected chi connectivity index (χ0v) is 10.8. The lowest BCUT2D eigenvalue weighted by Gasteiger charge is -2.09. The van der Waals surface area contributed by atoms with Gasteiger partial charge in [0.25, 0.3) is 0 Å². The molecule has 0 amide bonds. The molecule has 2 aromatic carbocycles. The van der Waals surface area contributed by atoms with Gasteiger partial charge in [0.15, 0.2) is 5.38 Å². The van der Waals surface area contributed by atoms with Crippen LogP contribution in [0.3, 0.4) is 0 Å². The topological polar surface area (TPSA) is 37.3 Å². The van der Waals surface area contributed by atoms with Gasteiger partial charge in [0.2, 0.25) is 0 Å². The Bertz CT molecular complexity index is 567. The van der Waals surface area contributed by atoms with Crippen LogP contribution in [0, 0.1) is 0 Å². The minimum atomic E-state index is -1.12. The summed E-state index contributed by atoms with van der Waals surface area (Å²) in [5.74, 6) is -1.11. The second kappa shape index (κ2) is 5.42. The fourth-order valence-corrected chi connectivity index (χ4v) is 2.21. The summed E-state index contributed by atoms with van der Waals surface area (Å²) in [6, 6.07) is 14.9. The maximum atomic E-state index is 10.8. The van der Waals surface area contributed by atoms with E-state index in [9.17, 15) is 4.79 Å². The van der Waals surface area contributed by atoms with Crippen molar-refractivity contribution >= 4 is 29.2 Å². The van der Waals surface area contributed by atoms with Gasteiger partial charge < -0.3 is 5.11 Å². The predicted molar refractivity (Wildman–Crippen MR) is 73.1 cm³/mol. The van der Waals surface area contributed by atoms with Crippen molar-refractivity contribution in [1.29, 1.82) is 0 Å². The SMILES string of the molecule is O=C(O)C(Cl)c1ccc(-c2ccccc2)cc1Cl. The third-order valence-corrected chi connectivity index (χ3v) is 3.35. The molecule has 92 valence electrons. The highest BCUT2D eigenvalue weighted by Gasteiger charge is 2.19. The molecule has 0 radical (unpaired) electrons. The smallest absolute Gasteiger partial charge is 0.326 e. The minimum absolute atomic E-state index is 0.360. The van der Waals surface area contributed by atoms with Gasteiger partial charge in [-0.2, -0.15) is 0 Å². The molecule has 18 heavy (non-hydrogen) atoms. The molecule has 0 aliphatic heterocycles. The lowest BCUT2D eigenvalue weighted by molar-refractivity contribution is -0.136. The highest BCUT2D eigenvalue weighted by Crippen LogP contribution is 2.31. The Hall–Kier alpha value is -1.51. The van der Waals surface area contributed by atoms with Gasteiger partial charge in [0.05, 0.1) is 0 Å². The first-order chi connectivity index (χ1) is 8.59. The second-order valence-corrected chi connectivity index (χ2v) is 4.65. The van der Waals surface area contributed by atoms with E-state index in [-0.39, 0.29) is 0 Å². The number of aliphatic carboxylic acids is 1. The fourth-order valence-electron chi connectivity index (χ4n) is 1.68. The van der Waals surface area contributed by atoms with Crippen LogP contribution in [0.15, 0.2) is 48.5 Å². The first kappa shape index (κ1) is 12.9. The van der Waals surface area contributed by atoms with Crippen molar-refractivity contribution in [3.05, 3.63) is 59.1 Å². The summed E-state index contributed by atoms with van der Waals surface area (Å²) in [5.41, 5.74) is 2.36. The maximum Gasteiger partial charge on any atom is 0.326 e. The Morgan fingerprint density at radius 2 is 1.72 bits per heavy atom. The molecule has 0 aliphatic carbocycles. The van der Waals surface area contributed by atoms with Gasteiger partial charge in [-0.3, -0.25) is 4.79 Å². The molecule has 0 saturated carbocycles. The van der Waals surface area contributed by atoms with Crippen LogP contribution in [0.2, 0.25) is 5.02 Å². The van der Waals surface area contributed by atoms with E-state index in [0.717, 1.165) is 11.1 Å². The number of halogens is 2. The molecular formula is C14H10Cl2O2. The highest BCUT2D eigenvalue weighted by atomic mass is 35.5. The van der Waals surface area contributed by atoms with Crippen molar-refractivity contribution in [2.75, 3.05) is 0 Å². The molecule has 0 bridgehead atoms. The van der Waals surface area contributed by atoms with Crippen molar-refractivity contribution in [2.24, 2.45) is 0 Å². The first-order valence-electron chi connectivity index (χ1n) is 5.31. The number of carbonyl (C=O) groups is 1. The van der Waals surface area contributed by atoms with Crippen molar-refractivity contribution < 1.29 is 9.90 Å². The van der Waals surface area contributed by atoms with E-state index in [1.165, 1.54) is 0 Å². The van der Waals surface area contributed by atoms with E-state index < -0.39 is 11.3 Å². The summed E-state index contributed by atoms with van der Waals surface area (Å²) < 4.78 is 0. The molecule has 0 saturated heterocycles. The van der Waals surface area contributed by atoms with Gasteiger partial charge in [0.1, 0.15) is 0 Å². The van der Waals surface area contributed by atoms with Gasteiger partial charge in [-0.05, 0) is 22.8 Å². The van der Waals surface area contributed by atoms with E-state index in [2.05, 4.69) is 0 Å². The third-order valence-electron chi connectivity index (χ3n) is 2.60. The van der Waals surface area contributed by atoms with Crippen LogP contribution in [0.25, 0.3) is 11.1 Å². The van der Waals surface area contributed by atoms with Gasteiger partial charge in [0, 0.05) is 5.02 Å². The number of benzene rings is 2. The molecule has 0 heterocycles. The van der Waals surface area contributed by atoms with Gasteiger partial charge in [-0.1, -0.05) is 54.1 Å². The molecule has 2 aromatic rings. The molecule has 4 heteroatoms. The van der Waals surface area contributed by atoms with Crippen molar-refractivity contribution in [2.45, 2.75) is 5.38 Å². The largest absolute Gasteiger partial charge is 0.480 e. The maximum absolute atomic E-state index is 10.8. The number of rotatable bonds is 3. The van der Waals surface area contributed by atoms with E-state index in [1.807, 2.05) is 36.4 Å². The van der Waals surface area contributed by atoms with Crippen LogP contribution in [-0.2, 0) is 4.79 Å². The predicted octanol–water partition coefficient (Wildman–Crippen LogP) is 4.37. The molecule has 1 N–H and O–H groups in total. The van der Waals surface area contributed by atoms with Gasteiger partial charge in [-0.15, -0.1) is 11.6 Å². The van der Waals surface area contributed by atoms with Crippen LogP contribution >= 0.6 is 23.2 Å². The molecule has 0 fully saturated rings. The van der Waals surface area contributed by atoms with Crippen molar-refractivity contribution in [1.82, 2.24) is 0 Å². The normalized spacial score (nSPS) is 12.1. The van der Waals surface area contributed by atoms with Crippen LogP contribution < -0.4 is 0 Å². The Morgan fingerprint density at radius 3 is 2.28 bits per heavy atom. The van der Waals surface area contributed by atoms with Gasteiger partial charge in [-0.25, -0.2) is 0 Å². The van der Waals surface area contributed by atoms with Crippen molar-refractivity contribution in [3.63, 3.8) is 0 Å². The van der Waals surface area contributed by atoms with E-state index in [1.54, 1.807) is 12.1 Å².